The number of hydrogen-bond donors (Lipinski definition) is 1. The predicted molar refractivity (Wildman–Crippen MR) is 149 cm³/mol. The molecular weight excluding hydrogens is 494 g/mol. The number of ether oxygens (including phenoxy) is 1. The van der Waals surface area contributed by atoms with Crippen LogP contribution in [0.15, 0.2) is 82.0 Å². The fraction of sp³-hybridized carbons (Fsp3) is 0.200. The summed E-state index contributed by atoms with van der Waals surface area (Å²) in [4.78, 5) is 37.0. The largest absolute Gasteiger partial charge is 0.489 e. The van der Waals surface area contributed by atoms with Crippen molar-refractivity contribution in [1.29, 1.82) is 0 Å². The van der Waals surface area contributed by atoms with Gasteiger partial charge in [0.2, 0.25) is 17.6 Å². The van der Waals surface area contributed by atoms with Crippen LogP contribution in [0.2, 0.25) is 0 Å². The molecular formula is C30H27N5O4. The molecule has 6 rings (SSSR count). The number of fused-ring (bicyclic) bond motifs is 2. The zero-order valence-corrected chi connectivity index (χ0v) is 21.8. The SMILES string of the molecule is COc1c(-c2nc3ccccc3o2)nc(N2CCc3ccc(NC(C)=O)cc3C2c2ccccc2)n(C)c1=O. The molecule has 0 fully saturated rings. The van der Waals surface area contributed by atoms with Gasteiger partial charge in [0.25, 0.3) is 11.4 Å². The van der Waals surface area contributed by atoms with E-state index in [0.717, 1.165) is 17.5 Å². The topological polar surface area (TPSA) is 102 Å². The van der Waals surface area contributed by atoms with Crippen molar-refractivity contribution in [3.05, 3.63) is 99.8 Å². The minimum atomic E-state index is -0.343. The summed E-state index contributed by atoms with van der Waals surface area (Å²) < 4.78 is 13.0. The molecule has 0 bridgehead atoms. The third-order valence-corrected chi connectivity index (χ3v) is 6.99. The maximum Gasteiger partial charge on any atom is 0.297 e. The maximum absolute atomic E-state index is 13.6. The second-order valence-corrected chi connectivity index (χ2v) is 9.50. The number of nitrogens with one attached hydrogen (secondary N) is 1. The number of hydrogen-bond acceptors (Lipinski definition) is 7. The number of methoxy groups -OCH3 is 1. The number of aromatic nitrogens is 3. The fourth-order valence-corrected chi connectivity index (χ4v) is 5.24. The van der Waals surface area contributed by atoms with E-state index in [1.54, 1.807) is 7.05 Å². The van der Waals surface area contributed by atoms with E-state index in [1.807, 2.05) is 54.6 Å². The number of benzene rings is 3. The van der Waals surface area contributed by atoms with Gasteiger partial charge < -0.3 is 19.4 Å². The molecule has 3 aromatic carbocycles. The highest BCUT2D eigenvalue weighted by Crippen LogP contribution is 2.40. The summed E-state index contributed by atoms with van der Waals surface area (Å²) >= 11 is 0. The molecule has 2 aromatic heterocycles. The first kappa shape index (κ1) is 24.4. The Hall–Kier alpha value is -4.92. The molecule has 196 valence electrons. The van der Waals surface area contributed by atoms with E-state index in [9.17, 15) is 9.59 Å². The smallest absolute Gasteiger partial charge is 0.297 e. The maximum atomic E-state index is 13.6. The third-order valence-electron chi connectivity index (χ3n) is 6.99. The molecule has 39 heavy (non-hydrogen) atoms. The van der Waals surface area contributed by atoms with Crippen molar-refractivity contribution >= 4 is 28.6 Å². The Morgan fingerprint density at radius 1 is 1.05 bits per heavy atom. The highest BCUT2D eigenvalue weighted by atomic mass is 16.5. The minimum Gasteiger partial charge on any atom is -0.489 e. The summed E-state index contributed by atoms with van der Waals surface area (Å²) in [5, 5.41) is 2.89. The molecule has 1 amide bonds. The Balaban J connectivity index is 1.55. The summed E-state index contributed by atoms with van der Waals surface area (Å²) in [7, 11) is 3.13. The lowest BCUT2D eigenvalue weighted by Gasteiger charge is -2.39. The van der Waals surface area contributed by atoms with E-state index < -0.39 is 0 Å². The second kappa shape index (κ2) is 9.75. The monoisotopic (exact) mass is 521 g/mol. The molecule has 0 saturated heterocycles. The molecule has 1 N–H and O–H groups in total. The Morgan fingerprint density at radius 3 is 2.56 bits per heavy atom. The van der Waals surface area contributed by atoms with Crippen LogP contribution in [0.4, 0.5) is 11.6 Å². The molecule has 0 aliphatic carbocycles. The number of oxazole rings is 1. The number of amides is 1. The molecule has 9 nitrogen and oxygen atoms in total. The van der Waals surface area contributed by atoms with Crippen molar-refractivity contribution in [2.45, 2.75) is 19.4 Å². The van der Waals surface area contributed by atoms with Gasteiger partial charge in [0.1, 0.15) is 5.52 Å². The summed E-state index contributed by atoms with van der Waals surface area (Å²) in [5.74, 6) is 0.603. The van der Waals surface area contributed by atoms with E-state index in [4.69, 9.17) is 14.1 Å². The van der Waals surface area contributed by atoms with Gasteiger partial charge in [0.15, 0.2) is 11.3 Å². The molecule has 1 atom stereocenters. The third kappa shape index (κ3) is 4.31. The number of carbonyl (C=O) groups excluding carboxylic acids is 1. The molecule has 1 aliphatic rings. The van der Waals surface area contributed by atoms with E-state index in [2.05, 4.69) is 33.4 Å². The molecule has 1 aliphatic heterocycles. The number of rotatable bonds is 5. The van der Waals surface area contributed by atoms with E-state index in [0.29, 0.717) is 29.3 Å². The second-order valence-electron chi connectivity index (χ2n) is 9.50. The van der Waals surface area contributed by atoms with Crippen LogP contribution in [-0.4, -0.2) is 34.1 Å². The Bertz CT molecular complexity index is 1730. The first-order valence-corrected chi connectivity index (χ1v) is 12.7. The lowest BCUT2D eigenvalue weighted by molar-refractivity contribution is -0.114. The number of para-hydroxylation sites is 2. The highest BCUT2D eigenvalue weighted by Gasteiger charge is 2.33. The summed E-state index contributed by atoms with van der Waals surface area (Å²) in [5.41, 5.74) is 5.12. The molecule has 9 heteroatoms. The zero-order chi connectivity index (χ0) is 27.1. The molecule has 3 heterocycles. The van der Waals surface area contributed by atoms with Crippen LogP contribution in [0.5, 0.6) is 5.75 Å². The van der Waals surface area contributed by atoms with Crippen molar-refractivity contribution in [1.82, 2.24) is 14.5 Å². The Kier molecular flexibility index (Phi) is 6.11. The van der Waals surface area contributed by atoms with Gasteiger partial charge in [-0.25, -0.2) is 9.97 Å². The van der Waals surface area contributed by atoms with Crippen molar-refractivity contribution in [2.75, 3.05) is 23.9 Å². The highest BCUT2D eigenvalue weighted by molar-refractivity contribution is 5.89. The normalized spacial score (nSPS) is 14.7. The average molecular weight is 522 g/mol. The Morgan fingerprint density at radius 2 is 1.82 bits per heavy atom. The zero-order valence-electron chi connectivity index (χ0n) is 21.8. The van der Waals surface area contributed by atoms with Crippen LogP contribution in [0.25, 0.3) is 22.7 Å². The van der Waals surface area contributed by atoms with Gasteiger partial charge in [-0.2, -0.15) is 0 Å². The van der Waals surface area contributed by atoms with Crippen molar-refractivity contribution in [2.24, 2.45) is 7.05 Å². The number of carbonyl (C=O) groups is 1. The molecule has 5 aromatic rings. The quantitative estimate of drug-likeness (QED) is 0.357. The van der Waals surface area contributed by atoms with Crippen LogP contribution in [-0.2, 0) is 18.3 Å². The van der Waals surface area contributed by atoms with Crippen LogP contribution < -0.4 is 20.5 Å². The van der Waals surface area contributed by atoms with Crippen LogP contribution in [0, 0.1) is 0 Å². The van der Waals surface area contributed by atoms with Crippen LogP contribution in [0.3, 0.4) is 0 Å². The lowest BCUT2D eigenvalue weighted by Crippen LogP contribution is -2.40. The molecule has 0 radical (unpaired) electrons. The summed E-state index contributed by atoms with van der Waals surface area (Å²) in [6.45, 7) is 2.11. The minimum absolute atomic E-state index is 0.0643. The first-order valence-electron chi connectivity index (χ1n) is 12.7. The van der Waals surface area contributed by atoms with Gasteiger partial charge in [-0.1, -0.05) is 48.5 Å². The molecule has 1 unspecified atom stereocenters. The van der Waals surface area contributed by atoms with Gasteiger partial charge in [-0.3, -0.25) is 14.2 Å². The summed E-state index contributed by atoms with van der Waals surface area (Å²) in [6, 6.07) is 23.2. The van der Waals surface area contributed by atoms with Crippen molar-refractivity contribution in [3.8, 4) is 17.3 Å². The van der Waals surface area contributed by atoms with Crippen LogP contribution >= 0.6 is 0 Å². The molecule has 0 saturated carbocycles. The van der Waals surface area contributed by atoms with E-state index in [1.165, 1.54) is 24.2 Å². The number of nitrogens with zero attached hydrogens (tertiary/aromatic N) is 4. The summed E-state index contributed by atoms with van der Waals surface area (Å²) in [6.07, 6.45) is 0.735. The van der Waals surface area contributed by atoms with Crippen LogP contribution in [0.1, 0.15) is 29.7 Å². The van der Waals surface area contributed by atoms with E-state index >= 15 is 0 Å². The standard InChI is InChI=1S/C30H27N5O4/c1-18(36)31-21-14-13-19-15-16-35(26(22(19)17-21)20-9-5-4-6-10-20)30-33-25(27(38-3)29(37)34(30)2)28-32-23-11-7-8-12-24(23)39-28/h4-14,17,26H,15-16H2,1-3H3,(H,31,36). The Labute approximate surface area is 224 Å². The predicted octanol–water partition coefficient (Wildman–Crippen LogP) is 4.71. The van der Waals surface area contributed by atoms with Gasteiger partial charge in [-0.05, 0) is 47.4 Å². The first-order chi connectivity index (χ1) is 18.9. The lowest BCUT2D eigenvalue weighted by atomic mass is 9.88. The fourth-order valence-electron chi connectivity index (χ4n) is 5.24. The van der Waals surface area contributed by atoms with Gasteiger partial charge in [0.05, 0.1) is 13.2 Å². The number of anilines is 2. The van der Waals surface area contributed by atoms with Crippen molar-refractivity contribution < 1.29 is 13.9 Å². The van der Waals surface area contributed by atoms with E-state index in [-0.39, 0.29) is 34.8 Å². The average Bonchev–Trinajstić information content (AvgIpc) is 3.38. The van der Waals surface area contributed by atoms with Crippen molar-refractivity contribution in [3.63, 3.8) is 0 Å². The van der Waals surface area contributed by atoms with Gasteiger partial charge in [0, 0.05) is 26.2 Å². The van der Waals surface area contributed by atoms with Gasteiger partial charge in [-0.15, -0.1) is 0 Å². The van der Waals surface area contributed by atoms with Gasteiger partial charge >= 0.3 is 0 Å². The molecule has 0 spiro atoms.